The van der Waals surface area contributed by atoms with Crippen LogP contribution in [0.4, 0.5) is 0 Å². The molecule has 1 aromatic heterocycles. The quantitative estimate of drug-likeness (QED) is 0.590. The van der Waals surface area contributed by atoms with Crippen LogP contribution in [0.25, 0.3) is 11.5 Å². The van der Waals surface area contributed by atoms with Crippen molar-refractivity contribution in [1.29, 1.82) is 0 Å². The lowest BCUT2D eigenvalue weighted by molar-refractivity contribution is -0.119. The SMILES string of the molecule is COc1ccc(-c2nnc(SCC(=O)NC(C)c3ccccc3Cl)o2)cc1. The van der Waals surface area contributed by atoms with E-state index >= 15 is 0 Å². The van der Waals surface area contributed by atoms with Gasteiger partial charge in [-0.3, -0.25) is 4.79 Å². The first-order valence-electron chi connectivity index (χ1n) is 8.21. The van der Waals surface area contributed by atoms with Crippen LogP contribution >= 0.6 is 23.4 Å². The second-order valence-corrected chi connectivity index (χ2v) is 7.03. The second kappa shape index (κ2) is 8.92. The third-order valence-corrected chi connectivity index (χ3v) is 4.98. The lowest BCUT2D eigenvalue weighted by Gasteiger charge is -2.15. The number of hydrogen-bond donors (Lipinski definition) is 1. The molecule has 1 unspecified atom stereocenters. The van der Waals surface area contributed by atoms with Crippen molar-refractivity contribution in [2.75, 3.05) is 12.9 Å². The molecule has 1 amide bonds. The number of rotatable bonds is 7. The molecule has 1 atom stereocenters. The van der Waals surface area contributed by atoms with Gasteiger partial charge < -0.3 is 14.5 Å². The minimum Gasteiger partial charge on any atom is -0.497 e. The van der Waals surface area contributed by atoms with Gasteiger partial charge in [0.2, 0.25) is 11.8 Å². The first kappa shape index (κ1) is 19.3. The Morgan fingerprint density at radius 3 is 2.67 bits per heavy atom. The number of carbonyl (C=O) groups is 1. The molecule has 0 saturated heterocycles. The summed E-state index contributed by atoms with van der Waals surface area (Å²) in [5.74, 6) is 1.16. The third-order valence-electron chi connectivity index (χ3n) is 3.82. The molecule has 8 heteroatoms. The van der Waals surface area contributed by atoms with Gasteiger partial charge >= 0.3 is 0 Å². The molecular weight excluding hydrogens is 386 g/mol. The first-order chi connectivity index (χ1) is 13.1. The van der Waals surface area contributed by atoms with E-state index < -0.39 is 0 Å². The Hall–Kier alpha value is -2.51. The monoisotopic (exact) mass is 403 g/mol. The molecule has 2 aromatic carbocycles. The summed E-state index contributed by atoms with van der Waals surface area (Å²) in [5, 5.41) is 11.9. The second-order valence-electron chi connectivity index (χ2n) is 5.70. The van der Waals surface area contributed by atoms with Crippen molar-refractivity contribution in [3.63, 3.8) is 0 Å². The van der Waals surface area contributed by atoms with Gasteiger partial charge in [-0.25, -0.2) is 0 Å². The maximum absolute atomic E-state index is 12.2. The van der Waals surface area contributed by atoms with E-state index in [0.717, 1.165) is 16.9 Å². The summed E-state index contributed by atoms with van der Waals surface area (Å²) in [6.45, 7) is 1.89. The number of methoxy groups -OCH3 is 1. The molecule has 3 aromatic rings. The molecule has 0 aliphatic heterocycles. The highest BCUT2D eigenvalue weighted by Gasteiger charge is 2.15. The predicted molar refractivity (Wildman–Crippen MR) is 105 cm³/mol. The highest BCUT2D eigenvalue weighted by molar-refractivity contribution is 7.99. The van der Waals surface area contributed by atoms with Crippen LogP contribution in [0.2, 0.25) is 5.02 Å². The number of nitrogens with one attached hydrogen (secondary N) is 1. The van der Waals surface area contributed by atoms with Gasteiger partial charge in [-0.1, -0.05) is 41.6 Å². The van der Waals surface area contributed by atoms with Gasteiger partial charge in [-0.2, -0.15) is 0 Å². The van der Waals surface area contributed by atoms with Crippen molar-refractivity contribution in [2.45, 2.75) is 18.2 Å². The Kier molecular flexibility index (Phi) is 6.36. The van der Waals surface area contributed by atoms with E-state index in [2.05, 4.69) is 15.5 Å². The van der Waals surface area contributed by atoms with Crippen molar-refractivity contribution >= 4 is 29.3 Å². The highest BCUT2D eigenvalue weighted by Crippen LogP contribution is 2.25. The summed E-state index contributed by atoms with van der Waals surface area (Å²) in [6, 6.07) is 14.5. The summed E-state index contributed by atoms with van der Waals surface area (Å²) in [4.78, 5) is 12.2. The van der Waals surface area contributed by atoms with Gasteiger partial charge in [0.15, 0.2) is 0 Å². The molecule has 6 nitrogen and oxygen atoms in total. The smallest absolute Gasteiger partial charge is 0.277 e. The molecule has 0 saturated carbocycles. The van der Waals surface area contributed by atoms with Gasteiger partial charge in [0.05, 0.1) is 18.9 Å². The maximum Gasteiger partial charge on any atom is 0.277 e. The number of hydrogen-bond acceptors (Lipinski definition) is 6. The van der Waals surface area contributed by atoms with Gasteiger partial charge in [0, 0.05) is 10.6 Å². The van der Waals surface area contributed by atoms with Crippen LogP contribution in [0.1, 0.15) is 18.5 Å². The zero-order chi connectivity index (χ0) is 19.2. The standard InChI is InChI=1S/C19H18ClN3O3S/c1-12(15-5-3-4-6-16(15)20)21-17(24)11-27-19-23-22-18(26-19)13-7-9-14(25-2)10-8-13/h3-10,12H,11H2,1-2H3,(H,21,24). The van der Waals surface area contributed by atoms with E-state index in [4.69, 9.17) is 20.8 Å². The zero-order valence-electron chi connectivity index (χ0n) is 14.8. The van der Waals surface area contributed by atoms with Crippen LogP contribution < -0.4 is 10.1 Å². The summed E-state index contributed by atoms with van der Waals surface area (Å²) < 4.78 is 10.7. The Bertz CT molecular complexity index is 915. The van der Waals surface area contributed by atoms with Crippen LogP contribution in [0, 0.1) is 0 Å². The third kappa shape index (κ3) is 5.02. The van der Waals surface area contributed by atoms with E-state index in [1.165, 1.54) is 11.8 Å². The van der Waals surface area contributed by atoms with Crippen LogP contribution in [0.5, 0.6) is 5.75 Å². The van der Waals surface area contributed by atoms with Crippen LogP contribution in [0.15, 0.2) is 58.2 Å². The van der Waals surface area contributed by atoms with E-state index in [1.54, 1.807) is 13.2 Å². The largest absolute Gasteiger partial charge is 0.497 e. The van der Waals surface area contributed by atoms with Crippen LogP contribution in [-0.2, 0) is 4.79 Å². The molecule has 0 aliphatic rings. The van der Waals surface area contributed by atoms with E-state index in [-0.39, 0.29) is 17.7 Å². The minimum absolute atomic E-state index is 0.142. The molecule has 1 N–H and O–H groups in total. The molecular formula is C19H18ClN3O3S. The Morgan fingerprint density at radius 2 is 1.96 bits per heavy atom. The molecule has 0 bridgehead atoms. The number of amides is 1. The van der Waals surface area contributed by atoms with Crippen molar-refractivity contribution in [1.82, 2.24) is 15.5 Å². The van der Waals surface area contributed by atoms with Crippen molar-refractivity contribution < 1.29 is 13.9 Å². The van der Waals surface area contributed by atoms with E-state index in [9.17, 15) is 4.79 Å². The molecule has 0 aliphatic carbocycles. The summed E-state index contributed by atoms with van der Waals surface area (Å²) in [6.07, 6.45) is 0. The lowest BCUT2D eigenvalue weighted by Crippen LogP contribution is -2.28. The molecule has 0 radical (unpaired) electrons. The summed E-state index contributed by atoms with van der Waals surface area (Å²) >= 11 is 7.34. The number of carbonyl (C=O) groups excluding carboxylic acids is 1. The number of thioether (sulfide) groups is 1. The first-order valence-corrected chi connectivity index (χ1v) is 9.57. The fourth-order valence-electron chi connectivity index (χ4n) is 2.43. The van der Waals surface area contributed by atoms with Crippen molar-refractivity contribution in [3.05, 3.63) is 59.1 Å². The van der Waals surface area contributed by atoms with Gasteiger partial charge in [-0.15, -0.1) is 10.2 Å². The van der Waals surface area contributed by atoms with Crippen molar-refractivity contribution in [2.24, 2.45) is 0 Å². The topological polar surface area (TPSA) is 77.2 Å². The van der Waals surface area contributed by atoms with Crippen LogP contribution in [0.3, 0.4) is 0 Å². The zero-order valence-corrected chi connectivity index (χ0v) is 16.4. The van der Waals surface area contributed by atoms with E-state index in [1.807, 2.05) is 49.4 Å². The predicted octanol–water partition coefficient (Wildman–Crippen LogP) is 4.37. The Labute approximate surface area is 166 Å². The van der Waals surface area contributed by atoms with Crippen LogP contribution in [-0.4, -0.2) is 29.0 Å². The summed E-state index contributed by atoms with van der Waals surface area (Å²) in [7, 11) is 1.61. The highest BCUT2D eigenvalue weighted by atomic mass is 35.5. The molecule has 140 valence electrons. The molecule has 27 heavy (non-hydrogen) atoms. The average molecular weight is 404 g/mol. The summed E-state index contributed by atoms with van der Waals surface area (Å²) in [5.41, 5.74) is 1.66. The van der Waals surface area contributed by atoms with E-state index in [0.29, 0.717) is 16.1 Å². The molecule has 1 heterocycles. The maximum atomic E-state index is 12.2. The minimum atomic E-state index is -0.190. The Morgan fingerprint density at radius 1 is 1.22 bits per heavy atom. The van der Waals surface area contributed by atoms with Gasteiger partial charge in [0.1, 0.15) is 5.75 Å². The number of halogens is 1. The van der Waals surface area contributed by atoms with Gasteiger partial charge in [0.25, 0.3) is 5.22 Å². The fraction of sp³-hybridized carbons (Fsp3) is 0.211. The number of aromatic nitrogens is 2. The molecule has 0 spiro atoms. The Balaban J connectivity index is 1.55. The van der Waals surface area contributed by atoms with Gasteiger partial charge in [-0.05, 0) is 42.8 Å². The average Bonchev–Trinajstić information content (AvgIpc) is 3.16. The van der Waals surface area contributed by atoms with Crippen molar-refractivity contribution in [3.8, 4) is 17.2 Å². The number of ether oxygens (including phenoxy) is 1. The number of nitrogens with zero attached hydrogens (tertiary/aromatic N) is 2. The lowest BCUT2D eigenvalue weighted by atomic mass is 10.1. The molecule has 3 rings (SSSR count). The molecule has 0 fully saturated rings. The normalized spacial score (nSPS) is 11.8. The fourth-order valence-corrected chi connectivity index (χ4v) is 3.31. The number of benzene rings is 2.